The molecular formula is C15H33N. The Kier molecular flexibility index (Phi) is 21.6. The Balaban J connectivity index is -0.000000376. The van der Waals surface area contributed by atoms with Gasteiger partial charge >= 0.3 is 0 Å². The van der Waals surface area contributed by atoms with E-state index in [-0.39, 0.29) is 0 Å². The fourth-order valence-corrected chi connectivity index (χ4v) is 0.996. The van der Waals surface area contributed by atoms with Crippen molar-refractivity contribution in [2.45, 2.75) is 61.3 Å². The van der Waals surface area contributed by atoms with Crippen molar-refractivity contribution in [3.05, 3.63) is 24.4 Å². The van der Waals surface area contributed by atoms with Crippen LogP contribution in [0.5, 0.6) is 0 Å². The molecule has 0 rings (SSSR count). The molecule has 98 valence electrons. The minimum absolute atomic E-state index is 0.765. The molecule has 16 heavy (non-hydrogen) atoms. The normalized spacial score (nSPS) is 8.25. The zero-order valence-electron chi connectivity index (χ0n) is 12.6. The summed E-state index contributed by atoms with van der Waals surface area (Å²) in [5.74, 6) is 0.765. The Morgan fingerprint density at radius 1 is 1.00 bits per heavy atom. The van der Waals surface area contributed by atoms with Crippen LogP contribution in [0.1, 0.15) is 61.3 Å². The zero-order chi connectivity index (χ0) is 13.6. The molecule has 0 saturated heterocycles. The highest BCUT2D eigenvalue weighted by molar-refractivity contribution is 5.20. The average molecular weight is 227 g/mol. The van der Waals surface area contributed by atoms with E-state index in [2.05, 4.69) is 32.3 Å². The molecule has 0 bridgehead atoms. The van der Waals surface area contributed by atoms with Crippen molar-refractivity contribution in [3.8, 4) is 0 Å². The van der Waals surface area contributed by atoms with E-state index in [9.17, 15) is 0 Å². The summed E-state index contributed by atoms with van der Waals surface area (Å²) < 4.78 is 0. The van der Waals surface area contributed by atoms with E-state index in [1.54, 1.807) is 0 Å². The minimum Gasteiger partial charge on any atom is -0.385 e. The van der Waals surface area contributed by atoms with Crippen molar-refractivity contribution in [1.29, 1.82) is 0 Å². The van der Waals surface area contributed by atoms with E-state index in [0.717, 1.165) is 23.7 Å². The summed E-state index contributed by atoms with van der Waals surface area (Å²) in [6.45, 7) is 23.2. The molecule has 0 saturated carbocycles. The highest BCUT2D eigenvalue weighted by Crippen LogP contribution is 2.07. The van der Waals surface area contributed by atoms with Crippen molar-refractivity contribution < 1.29 is 0 Å². The Hall–Kier alpha value is -0.720. The number of allylic oxidation sites excluding steroid dienone is 1. The number of hydrogen-bond donors (Lipinski definition) is 1. The Morgan fingerprint density at radius 2 is 1.38 bits per heavy atom. The van der Waals surface area contributed by atoms with Crippen molar-refractivity contribution in [3.63, 3.8) is 0 Å². The molecule has 0 amide bonds. The average Bonchev–Trinajstić information content (AvgIpc) is 2.35. The smallest absolute Gasteiger partial charge is 0.0290 e. The van der Waals surface area contributed by atoms with Gasteiger partial charge in [0.05, 0.1) is 0 Å². The number of hydrogen-bond acceptors (Lipinski definition) is 1. The van der Waals surface area contributed by atoms with Crippen LogP contribution in [0.4, 0.5) is 0 Å². The van der Waals surface area contributed by atoms with Crippen molar-refractivity contribution >= 4 is 0 Å². The Labute approximate surface area is 104 Å². The van der Waals surface area contributed by atoms with E-state index in [4.69, 9.17) is 0 Å². The van der Waals surface area contributed by atoms with Gasteiger partial charge in [-0.15, -0.1) is 0 Å². The molecule has 1 nitrogen and oxygen atoms in total. The van der Waals surface area contributed by atoms with Crippen LogP contribution in [0.2, 0.25) is 0 Å². The molecule has 0 radical (unpaired) electrons. The molecular weight excluding hydrogens is 194 g/mol. The summed E-state index contributed by atoms with van der Waals surface area (Å²) in [7, 11) is 0. The minimum atomic E-state index is 0.765. The van der Waals surface area contributed by atoms with Crippen molar-refractivity contribution in [2.75, 3.05) is 6.54 Å². The lowest BCUT2D eigenvalue weighted by Crippen LogP contribution is -2.21. The maximum absolute atomic E-state index is 3.88. The first-order valence-corrected chi connectivity index (χ1v) is 6.70. The monoisotopic (exact) mass is 227 g/mol. The van der Waals surface area contributed by atoms with Gasteiger partial charge in [0.25, 0.3) is 0 Å². The number of rotatable bonds is 6. The van der Waals surface area contributed by atoms with Gasteiger partial charge in [0.15, 0.2) is 0 Å². The van der Waals surface area contributed by atoms with Gasteiger partial charge in [0.1, 0.15) is 0 Å². The van der Waals surface area contributed by atoms with Crippen LogP contribution in [-0.4, -0.2) is 6.54 Å². The standard InChI is InChI=1S/C11H21N.2C2H6/c1-6-11(7-2)8-12-10(5)9(3)4;2*1-2/h11-12H,3,5-8H2,1-2,4H3;2*1-2H3. The van der Waals surface area contributed by atoms with E-state index < -0.39 is 0 Å². The zero-order valence-corrected chi connectivity index (χ0v) is 12.6. The Morgan fingerprint density at radius 3 is 1.62 bits per heavy atom. The SMILES string of the molecule is C=C(C)C(=C)NCC(CC)CC.CC.CC. The molecule has 1 heteroatoms. The first kappa shape index (κ1) is 20.7. The highest BCUT2D eigenvalue weighted by atomic mass is 14.9. The molecule has 0 spiro atoms. The largest absolute Gasteiger partial charge is 0.385 e. The van der Waals surface area contributed by atoms with Crippen LogP contribution >= 0.6 is 0 Å². The van der Waals surface area contributed by atoms with Crippen molar-refractivity contribution in [1.82, 2.24) is 5.32 Å². The molecule has 0 aliphatic carbocycles. The molecule has 0 fully saturated rings. The third-order valence-corrected chi connectivity index (χ3v) is 2.27. The van der Waals surface area contributed by atoms with E-state index in [1.165, 1.54) is 12.8 Å². The van der Waals surface area contributed by atoms with Crippen molar-refractivity contribution in [2.24, 2.45) is 5.92 Å². The van der Waals surface area contributed by atoms with Gasteiger partial charge < -0.3 is 5.32 Å². The molecule has 0 heterocycles. The summed E-state index contributed by atoms with van der Waals surface area (Å²) in [6.07, 6.45) is 2.46. The summed E-state index contributed by atoms with van der Waals surface area (Å²) in [6, 6.07) is 0. The second-order valence-electron chi connectivity index (χ2n) is 3.32. The van der Waals surface area contributed by atoms with Gasteiger partial charge in [0, 0.05) is 12.2 Å². The summed E-state index contributed by atoms with van der Waals surface area (Å²) >= 11 is 0. The van der Waals surface area contributed by atoms with Gasteiger partial charge in [-0.2, -0.15) is 0 Å². The lowest BCUT2D eigenvalue weighted by atomic mass is 10.0. The molecule has 0 aromatic rings. The third kappa shape index (κ3) is 13.3. The third-order valence-electron chi connectivity index (χ3n) is 2.27. The molecule has 0 aromatic carbocycles. The second-order valence-corrected chi connectivity index (χ2v) is 3.32. The molecule has 0 atom stereocenters. The fraction of sp³-hybridized carbons (Fsp3) is 0.733. The summed E-state index contributed by atoms with van der Waals surface area (Å²) in [4.78, 5) is 0. The van der Waals surface area contributed by atoms with Crippen LogP contribution < -0.4 is 5.32 Å². The van der Waals surface area contributed by atoms with Gasteiger partial charge in [-0.1, -0.05) is 67.5 Å². The molecule has 0 aliphatic heterocycles. The number of nitrogens with one attached hydrogen (secondary N) is 1. The van der Waals surface area contributed by atoms with Crippen LogP contribution in [0, 0.1) is 5.92 Å². The maximum atomic E-state index is 3.88. The first-order valence-electron chi connectivity index (χ1n) is 6.70. The molecule has 0 aliphatic rings. The lowest BCUT2D eigenvalue weighted by Gasteiger charge is -2.15. The predicted molar refractivity (Wildman–Crippen MR) is 78.7 cm³/mol. The van der Waals surface area contributed by atoms with Crippen LogP contribution in [-0.2, 0) is 0 Å². The van der Waals surface area contributed by atoms with Crippen LogP contribution in [0.25, 0.3) is 0 Å². The van der Waals surface area contributed by atoms with Gasteiger partial charge in [-0.3, -0.25) is 0 Å². The Bertz CT molecular complexity index is 155. The maximum Gasteiger partial charge on any atom is 0.0290 e. The quantitative estimate of drug-likeness (QED) is 0.618. The van der Waals surface area contributed by atoms with Crippen LogP contribution in [0.15, 0.2) is 24.4 Å². The molecule has 0 aromatic heterocycles. The lowest BCUT2D eigenvalue weighted by molar-refractivity contribution is 0.472. The van der Waals surface area contributed by atoms with E-state index in [1.807, 2.05) is 34.6 Å². The van der Waals surface area contributed by atoms with E-state index in [0.29, 0.717) is 0 Å². The van der Waals surface area contributed by atoms with Gasteiger partial charge in [0.2, 0.25) is 0 Å². The molecule has 0 unspecified atom stereocenters. The molecule has 1 N–H and O–H groups in total. The first-order chi connectivity index (χ1) is 7.61. The predicted octanol–water partition coefficient (Wildman–Crippen LogP) is 5.15. The topological polar surface area (TPSA) is 12.0 Å². The summed E-state index contributed by atoms with van der Waals surface area (Å²) in [5, 5.41) is 3.29. The fourth-order valence-electron chi connectivity index (χ4n) is 0.996. The van der Waals surface area contributed by atoms with Crippen LogP contribution in [0.3, 0.4) is 0 Å². The summed E-state index contributed by atoms with van der Waals surface area (Å²) in [5.41, 5.74) is 2.00. The van der Waals surface area contributed by atoms with E-state index >= 15 is 0 Å². The van der Waals surface area contributed by atoms with Gasteiger partial charge in [-0.05, 0) is 18.4 Å². The van der Waals surface area contributed by atoms with Gasteiger partial charge in [-0.25, -0.2) is 0 Å². The second kappa shape index (κ2) is 16.7. The highest BCUT2D eigenvalue weighted by Gasteiger charge is 2.02.